The van der Waals surface area contributed by atoms with Gasteiger partial charge in [-0.25, -0.2) is 0 Å². The smallest absolute Gasteiger partial charge is 0.137 e. The van der Waals surface area contributed by atoms with E-state index >= 15 is 0 Å². The molecule has 0 radical (unpaired) electrons. The van der Waals surface area contributed by atoms with E-state index in [-0.39, 0.29) is 6.04 Å². The summed E-state index contributed by atoms with van der Waals surface area (Å²) in [5.74, 6) is 1.63. The molecule has 1 aromatic rings. The molecule has 0 saturated heterocycles. The van der Waals surface area contributed by atoms with Gasteiger partial charge >= 0.3 is 0 Å². The van der Waals surface area contributed by atoms with Gasteiger partial charge in [-0.1, -0.05) is 19.8 Å². The molecule has 0 amide bonds. The molecule has 0 bridgehead atoms. The first-order valence-corrected chi connectivity index (χ1v) is 7.11. The molecule has 0 aromatic carbocycles. The van der Waals surface area contributed by atoms with Gasteiger partial charge in [-0.2, -0.15) is 0 Å². The van der Waals surface area contributed by atoms with Gasteiger partial charge < -0.3 is 10.5 Å². The number of pyridine rings is 1. The molecule has 18 heavy (non-hydrogen) atoms. The average molecular weight is 248 g/mol. The maximum absolute atomic E-state index is 5.91. The summed E-state index contributed by atoms with van der Waals surface area (Å²) in [6, 6.07) is 4.25. The molecule has 0 aliphatic heterocycles. The van der Waals surface area contributed by atoms with Crippen molar-refractivity contribution in [3.8, 4) is 5.75 Å². The Morgan fingerprint density at radius 1 is 1.39 bits per heavy atom. The first-order chi connectivity index (χ1) is 8.78. The summed E-state index contributed by atoms with van der Waals surface area (Å²) in [5, 5.41) is 0. The molecule has 1 aliphatic rings. The molecule has 100 valence electrons. The molecule has 2 N–H and O–H groups in total. The van der Waals surface area contributed by atoms with E-state index in [1.165, 1.54) is 25.7 Å². The second kappa shape index (κ2) is 6.74. The molecule has 1 fully saturated rings. The van der Waals surface area contributed by atoms with Crippen molar-refractivity contribution >= 4 is 0 Å². The Kier molecular flexibility index (Phi) is 5.00. The van der Waals surface area contributed by atoms with Crippen LogP contribution in [0.25, 0.3) is 0 Å². The molecule has 1 atom stereocenters. The SMILES string of the molecule is CCC(N)Cc1ccc(OCC2CCCC2)cn1. The number of rotatable bonds is 6. The topological polar surface area (TPSA) is 48.1 Å². The lowest BCUT2D eigenvalue weighted by atomic mass is 10.1. The van der Waals surface area contributed by atoms with Crippen LogP contribution in [0.2, 0.25) is 0 Å². The number of ether oxygens (including phenoxy) is 1. The third-order valence-electron chi connectivity index (χ3n) is 3.75. The van der Waals surface area contributed by atoms with E-state index in [4.69, 9.17) is 10.5 Å². The molecular weight excluding hydrogens is 224 g/mol. The van der Waals surface area contributed by atoms with Crippen LogP contribution in [-0.4, -0.2) is 17.6 Å². The van der Waals surface area contributed by atoms with Crippen molar-refractivity contribution in [2.24, 2.45) is 11.7 Å². The van der Waals surface area contributed by atoms with Crippen LogP contribution in [0, 0.1) is 5.92 Å². The van der Waals surface area contributed by atoms with Crippen LogP contribution < -0.4 is 10.5 Å². The summed E-state index contributed by atoms with van der Waals surface area (Å²) in [6.07, 6.45) is 9.02. The summed E-state index contributed by atoms with van der Waals surface area (Å²) < 4.78 is 5.78. The summed E-state index contributed by atoms with van der Waals surface area (Å²) in [6.45, 7) is 2.94. The summed E-state index contributed by atoms with van der Waals surface area (Å²) in [7, 11) is 0. The highest BCUT2D eigenvalue weighted by Gasteiger charge is 2.15. The van der Waals surface area contributed by atoms with Crippen molar-refractivity contribution in [2.45, 2.75) is 51.5 Å². The fourth-order valence-electron chi connectivity index (χ4n) is 2.42. The minimum Gasteiger partial charge on any atom is -0.492 e. The van der Waals surface area contributed by atoms with Gasteiger partial charge in [-0.3, -0.25) is 4.98 Å². The molecule has 1 aromatic heterocycles. The monoisotopic (exact) mass is 248 g/mol. The van der Waals surface area contributed by atoms with Gasteiger partial charge in [0.25, 0.3) is 0 Å². The molecule has 1 saturated carbocycles. The van der Waals surface area contributed by atoms with Crippen LogP contribution in [0.1, 0.15) is 44.7 Å². The highest BCUT2D eigenvalue weighted by molar-refractivity contribution is 5.20. The standard InChI is InChI=1S/C15H24N2O/c1-2-13(16)9-14-7-8-15(10-17-14)18-11-12-5-3-4-6-12/h7-8,10,12-13H,2-6,9,11,16H2,1H3. The van der Waals surface area contributed by atoms with E-state index < -0.39 is 0 Å². The normalized spacial score (nSPS) is 17.9. The van der Waals surface area contributed by atoms with Gasteiger partial charge in [-0.05, 0) is 37.3 Å². The summed E-state index contributed by atoms with van der Waals surface area (Å²) in [5.41, 5.74) is 6.97. The molecule has 1 unspecified atom stereocenters. The Bertz CT molecular complexity index is 344. The Morgan fingerprint density at radius 3 is 2.78 bits per heavy atom. The predicted molar refractivity (Wildman–Crippen MR) is 73.7 cm³/mol. The number of aromatic nitrogens is 1. The predicted octanol–water partition coefficient (Wildman–Crippen LogP) is 2.93. The average Bonchev–Trinajstić information content (AvgIpc) is 2.91. The quantitative estimate of drug-likeness (QED) is 0.842. The van der Waals surface area contributed by atoms with E-state index in [0.29, 0.717) is 0 Å². The minimum absolute atomic E-state index is 0.211. The van der Waals surface area contributed by atoms with Gasteiger partial charge in [0.05, 0.1) is 12.8 Å². The Morgan fingerprint density at radius 2 is 2.17 bits per heavy atom. The van der Waals surface area contributed by atoms with Crippen LogP contribution in [0.3, 0.4) is 0 Å². The van der Waals surface area contributed by atoms with Crippen LogP contribution in [0.5, 0.6) is 5.75 Å². The largest absolute Gasteiger partial charge is 0.492 e. The zero-order valence-electron chi connectivity index (χ0n) is 11.3. The second-order valence-electron chi connectivity index (χ2n) is 5.32. The first-order valence-electron chi connectivity index (χ1n) is 7.11. The lowest BCUT2D eigenvalue weighted by Crippen LogP contribution is -2.21. The Hall–Kier alpha value is -1.09. The first kappa shape index (κ1) is 13.3. The maximum atomic E-state index is 5.91. The van der Waals surface area contributed by atoms with E-state index in [0.717, 1.165) is 36.8 Å². The summed E-state index contributed by atoms with van der Waals surface area (Å²) in [4.78, 5) is 4.41. The molecular formula is C15H24N2O. The highest BCUT2D eigenvalue weighted by Crippen LogP contribution is 2.25. The number of hydrogen-bond acceptors (Lipinski definition) is 3. The molecule has 3 nitrogen and oxygen atoms in total. The Balaban J connectivity index is 1.79. The van der Waals surface area contributed by atoms with Gasteiger partial charge in [-0.15, -0.1) is 0 Å². The van der Waals surface area contributed by atoms with Crippen LogP contribution in [-0.2, 0) is 6.42 Å². The third-order valence-corrected chi connectivity index (χ3v) is 3.75. The van der Waals surface area contributed by atoms with Crippen LogP contribution in [0.15, 0.2) is 18.3 Å². The van der Waals surface area contributed by atoms with Gasteiger partial charge in [0, 0.05) is 18.2 Å². The van der Waals surface area contributed by atoms with Crippen molar-refractivity contribution < 1.29 is 4.74 Å². The van der Waals surface area contributed by atoms with Crippen LogP contribution in [0.4, 0.5) is 0 Å². The van der Waals surface area contributed by atoms with E-state index in [2.05, 4.69) is 11.9 Å². The molecule has 1 heterocycles. The maximum Gasteiger partial charge on any atom is 0.137 e. The molecule has 1 aliphatic carbocycles. The zero-order chi connectivity index (χ0) is 12.8. The fraction of sp³-hybridized carbons (Fsp3) is 0.667. The second-order valence-corrected chi connectivity index (χ2v) is 5.32. The van der Waals surface area contributed by atoms with Crippen molar-refractivity contribution in [2.75, 3.05) is 6.61 Å². The summed E-state index contributed by atoms with van der Waals surface area (Å²) >= 11 is 0. The van der Waals surface area contributed by atoms with Gasteiger partial charge in [0.2, 0.25) is 0 Å². The highest BCUT2D eigenvalue weighted by atomic mass is 16.5. The molecule has 2 rings (SSSR count). The number of nitrogens with zero attached hydrogens (tertiary/aromatic N) is 1. The van der Waals surface area contributed by atoms with Gasteiger partial charge in [0.1, 0.15) is 5.75 Å². The van der Waals surface area contributed by atoms with Crippen molar-refractivity contribution in [3.63, 3.8) is 0 Å². The number of nitrogens with two attached hydrogens (primary N) is 1. The van der Waals surface area contributed by atoms with E-state index in [1.54, 1.807) is 0 Å². The lowest BCUT2D eigenvalue weighted by molar-refractivity contribution is 0.251. The molecule has 3 heteroatoms. The van der Waals surface area contributed by atoms with Crippen molar-refractivity contribution in [1.29, 1.82) is 0 Å². The van der Waals surface area contributed by atoms with Crippen molar-refractivity contribution in [3.05, 3.63) is 24.0 Å². The zero-order valence-corrected chi connectivity index (χ0v) is 11.3. The van der Waals surface area contributed by atoms with Gasteiger partial charge in [0.15, 0.2) is 0 Å². The van der Waals surface area contributed by atoms with Crippen molar-refractivity contribution in [1.82, 2.24) is 4.98 Å². The van der Waals surface area contributed by atoms with E-state index in [1.807, 2.05) is 18.3 Å². The van der Waals surface area contributed by atoms with E-state index in [9.17, 15) is 0 Å². The Labute approximate surface area is 110 Å². The molecule has 0 spiro atoms. The fourth-order valence-corrected chi connectivity index (χ4v) is 2.42. The lowest BCUT2D eigenvalue weighted by Gasteiger charge is -2.12. The van der Waals surface area contributed by atoms with Crippen LogP contribution >= 0.6 is 0 Å². The minimum atomic E-state index is 0.211. The third kappa shape index (κ3) is 3.98. The number of hydrogen-bond donors (Lipinski definition) is 1.